The smallest absolute Gasteiger partial charge is 0.234 e. The molecule has 1 saturated carbocycles. The van der Waals surface area contributed by atoms with Crippen molar-refractivity contribution >= 4 is 40.7 Å². The van der Waals surface area contributed by atoms with E-state index in [2.05, 4.69) is 26.1 Å². The van der Waals surface area contributed by atoms with Crippen LogP contribution in [-0.2, 0) is 4.79 Å². The fourth-order valence-electron chi connectivity index (χ4n) is 2.68. The molecule has 3 unspecified atom stereocenters. The molecule has 0 bridgehead atoms. The second kappa shape index (κ2) is 5.74. The predicted molar refractivity (Wildman–Crippen MR) is 74.7 cm³/mol. The number of rotatable bonds is 4. The lowest BCUT2D eigenvalue weighted by molar-refractivity contribution is -0.130. The van der Waals surface area contributed by atoms with Crippen molar-refractivity contribution in [1.82, 2.24) is 5.32 Å². The van der Waals surface area contributed by atoms with Crippen molar-refractivity contribution in [3.8, 4) is 0 Å². The SMILES string of the molecule is CCC1CC(CC(=O)NC(O)C(Cl)(Cl)Cl)C1(C)C. The van der Waals surface area contributed by atoms with E-state index in [-0.39, 0.29) is 11.3 Å². The van der Waals surface area contributed by atoms with Crippen molar-refractivity contribution in [1.29, 1.82) is 0 Å². The van der Waals surface area contributed by atoms with Gasteiger partial charge in [-0.05, 0) is 23.7 Å². The van der Waals surface area contributed by atoms with Crippen molar-refractivity contribution in [2.45, 2.75) is 50.1 Å². The van der Waals surface area contributed by atoms with Gasteiger partial charge in [0.05, 0.1) is 0 Å². The third kappa shape index (κ3) is 3.66. The zero-order chi connectivity index (χ0) is 14.1. The average Bonchev–Trinajstić information content (AvgIpc) is 2.22. The summed E-state index contributed by atoms with van der Waals surface area (Å²) >= 11 is 16.4. The first-order valence-electron chi connectivity index (χ1n) is 6.13. The Balaban J connectivity index is 2.44. The minimum atomic E-state index is -1.89. The predicted octanol–water partition coefficient (Wildman–Crippen LogP) is 3.25. The zero-order valence-electron chi connectivity index (χ0n) is 10.8. The highest BCUT2D eigenvalue weighted by Crippen LogP contribution is 2.54. The number of nitrogens with one attached hydrogen (secondary N) is 1. The van der Waals surface area contributed by atoms with Crippen molar-refractivity contribution in [2.75, 3.05) is 0 Å². The van der Waals surface area contributed by atoms with E-state index in [4.69, 9.17) is 34.8 Å². The Morgan fingerprint density at radius 2 is 2.00 bits per heavy atom. The van der Waals surface area contributed by atoms with Gasteiger partial charge in [-0.2, -0.15) is 0 Å². The number of halogens is 3. The fourth-order valence-corrected chi connectivity index (χ4v) is 2.84. The molecule has 0 aliphatic heterocycles. The minimum Gasteiger partial charge on any atom is -0.369 e. The summed E-state index contributed by atoms with van der Waals surface area (Å²) in [6.07, 6.45) is 1.06. The number of alkyl halides is 3. The van der Waals surface area contributed by atoms with Crippen LogP contribution in [0.4, 0.5) is 0 Å². The molecule has 2 N–H and O–H groups in total. The number of amides is 1. The van der Waals surface area contributed by atoms with Crippen LogP contribution < -0.4 is 5.32 Å². The molecule has 0 saturated heterocycles. The summed E-state index contributed by atoms with van der Waals surface area (Å²) in [5.74, 6) is 0.708. The van der Waals surface area contributed by atoms with Gasteiger partial charge in [0.15, 0.2) is 6.23 Å². The number of hydrogen-bond donors (Lipinski definition) is 2. The van der Waals surface area contributed by atoms with Gasteiger partial charge in [-0.3, -0.25) is 4.79 Å². The van der Waals surface area contributed by atoms with Crippen molar-refractivity contribution < 1.29 is 9.90 Å². The largest absolute Gasteiger partial charge is 0.369 e. The lowest BCUT2D eigenvalue weighted by Crippen LogP contribution is -2.49. The number of aliphatic hydroxyl groups excluding tert-OH is 1. The third-order valence-corrected chi connectivity index (χ3v) is 4.83. The summed E-state index contributed by atoms with van der Waals surface area (Å²) in [6, 6.07) is 0. The van der Waals surface area contributed by atoms with E-state index in [0.29, 0.717) is 18.3 Å². The van der Waals surface area contributed by atoms with Crippen LogP contribution in [0.1, 0.15) is 40.0 Å². The molecule has 18 heavy (non-hydrogen) atoms. The topological polar surface area (TPSA) is 49.3 Å². The average molecular weight is 317 g/mol. The van der Waals surface area contributed by atoms with Crippen LogP contribution in [0.5, 0.6) is 0 Å². The third-order valence-electron chi connectivity index (χ3n) is 4.21. The maximum atomic E-state index is 11.7. The van der Waals surface area contributed by atoms with Crippen LogP contribution in [0.25, 0.3) is 0 Å². The quantitative estimate of drug-likeness (QED) is 0.618. The summed E-state index contributed by atoms with van der Waals surface area (Å²) in [7, 11) is 0. The van der Waals surface area contributed by atoms with Crippen LogP contribution in [0.15, 0.2) is 0 Å². The number of carbonyl (C=O) groups is 1. The molecule has 0 aromatic rings. The summed E-state index contributed by atoms with van der Waals surface area (Å²) in [5.41, 5.74) is 0.164. The Morgan fingerprint density at radius 1 is 1.44 bits per heavy atom. The number of carbonyl (C=O) groups excluding carboxylic acids is 1. The van der Waals surface area contributed by atoms with Gasteiger partial charge in [0.25, 0.3) is 0 Å². The molecular weight excluding hydrogens is 296 g/mol. The Hall–Kier alpha value is 0.300. The monoisotopic (exact) mass is 315 g/mol. The maximum Gasteiger partial charge on any atom is 0.234 e. The van der Waals surface area contributed by atoms with Crippen LogP contribution in [-0.4, -0.2) is 21.0 Å². The molecule has 1 aliphatic carbocycles. The van der Waals surface area contributed by atoms with Crippen molar-refractivity contribution in [2.24, 2.45) is 17.3 Å². The molecule has 0 aromatic carbocycles. The fraction of sp³-hybridized carbons (Fsp3) is 0.917. The van der Waals surface area contributed by atoms with Gasteiger partial charge in [-0.25, -0.2) is 0 Å². The number of hydrogen-bond acceptors (Lipinski definition) is 2. The number of aliphatic hydroxyl groups is 1. The highest BCUT2D eigenvalue weighted by atomic mass is 35.6. The summed E-state index contributed by atoms with van der Waals surface area (Å²) in [5, 5.41) is 11.8. The first kappa shape index (κ1) is 16.4. The molecule has 6 heteroatoms. The molecule has 1 amide bonds. The Morgan fingerprint density at radius 3 is 2.39 bits per heavy atom. The zero-order valence-corrected chi connectivity index (χ0v) is 13.1. The molecule has 1 rings (SSSR count). The van der Waals surface area contributed by atoms with E-state index in [1.165, 1.54) is 0 Å². The van der Waals surface area contributed by atoms with Gasteiger partial charge >= 0.3 is 0 Å². The molecule has 3 atom stereocenters. The van der Waals surface area contributed by atoms with E-state index >= 15 is 0 Å². The van der Waals surface area contributed by atoms with Gasteiger partial charge in [-0.1, -0.05) is 62.0 Å². The van der Waals surface area contributed by atoms with Crippen LogP contribution in [0.2, 0.25) is 0 Å². The molecule has 0 heterocycles. The standard InChI is InChI=1S/C12H20Cl3NO2/c1-4-7-5-8(11(7,2)3)6-9(17)16-10(18)12(13,14)15/h7-8,10,18H,4-6H2,1-3H3,(H,16,17). The van der Waals surface area contributed by atoms with E-state index in [9.17, 15) is 9.90 Å². The van der Waals surface area contributed by atoms with E-state index < -0.39 is 10.0 Å². The van der Waals surface area contributed by atoms with E-state index in [1.54, 1.807) is 0 Å². The van der Waals surface area contributed by atoms with Gasteiger partial charge in [0.1, 0.15) is 0 Å². The van der Waals surface area contributed by atoms with E-state index in [1.807, 2.05) is 0 Å². The van der Waals surface area contributed by atoms with E-state index in [0.717, 1.165) is 12.8 Å². The van der Waals surface area contributed by atoms with Crippen LogP contribution in [0.3, 0.4) is 0 Å². The van der Waals surface area contributed by atoms with Gasteiger partial charge in [0.2, 0.25) is 9.70 Å². The van der Waals surface area contributed by atoms with Crippen LogP contribution >= 0.6 is 34.8 Å². The lowest BCUT2D eigenvalue weighted by Gasteiger charge is -2.52. The second-order valence-electron chi connectivity index (χ2n) is 5.57. The second-order valence-corrected chi connectivity index (χ2v) is 7.94. The molecule has 0 aromatic heterocycles. The summed E-state index contributed by atoms with van der Waals surface area (Å²) in [6.45, 7) is 6.51. The van der Waals surface area contributed by atoms with Crippen molar-refractivity contribution in [3.05, 3.63) is 0 Å². The minimum absolute atomic E-state index is 0.164. The lowest BCUT2D eigenvalue weighted by atomic mass is 9.53. The molecule has 3 nitrogen and oxygen atoms in total. The Labute approximate surface area is 123 Å². The molecule has 106 valence electrons. The Bertz CT molecular complexity index is 315. The normalized spacial score (nSPS) is 28.4. The highest BCUT2D eigenvalue weighted by molar-refractivity contribution is 6.68. The first-order chi connectivity index (χ1) is 8.09. The summed E-state index contributed by atoms with van der Waals surface area (Å²) in [4.78, 5) is 11.7. The molecule has 0 radical (unpaired) electrons. The molecule has 1 aliphatic rings. The molecule has 0 spiro atoms. The van der Waals surface area contributed by atoms with Gasteiger partial charge < -0.3 is 10.4 Å². The molecule has 1 fully saturated rings. The highest BCUT2D eigenvalue weighted by Gasteiger charge is 2.47. The van der Waals surface area contributed by atoms with Gasteiger partial charge in [-0.15, -0.1) is 0 Å². The summed E-state index contributed by atoms with van der Waals surface area (Å²) < 4.78 is -1.89. The van der Waals surface area contributed by atoms with Crippen molar-refractivity contribution in [3.63, 3.8) is 0 Å². The molecular formula is C12H20Cl3NO2. The Kier molecular flexibility index (Phi) is 5.21. The first-order valence-corrected chi connectivity index (χ1v) is 7.26. The maximum absolute atomic E-state index is 11.7. The van der Waals surface area contributed by atoms with Crippen LogP contribution in [0, 0.1) is 17.3 Å². The van der Waals surface area contributed by atoms with Gasteiger partial charge in [0, 0.05) is 6.42 Å².